The normalized spacial score (nSPS) is 22.4. The maximum atomic E-state index is 13.9. The molecule has 1 aromatic carbocycles. The summed E-state index contributed by atoms with van der Waals surface area (Å²) in [4.78, 5) is 0. The number of hydrogen-bond donors (Lipinski definition) is 0. The lowest BCUT2D eigenvalue weighted by Gasteiger charge is -2.41. The second-order valence-electron chi connectivity index (χ2n) is 5.91. The highest BCUT2D eigenvalue weighted by molar-refractivity contribution is 7.04. The van der Waals surface area contributed by atoms with Crippen LogP contribution in [0.5, 0.6) is 0 Å². The number of halogens is 1. The molecule has 0 saturated carbocycles. The van der Waals surface area contributed by atoms with Crippen molar-refractivity contribution < 1.29 is 4.39 Å². The van der Waals surface area contributed by atoms with Gasteiger partial charge >= 0.3 is 0 Å². The highest BCUT2D eigenvalue weighted by atomic mass is 28.4. The van der Waals surface area contributed by atoms with Crippen LogP contribution in [0.3, 0.4) is 0 Å². The van der Waals surface area contributed by atoms with Crippen molar-refractivity contribution in [3.63, 3.8) is 0 Å². The first-order valence-electron chi connectivity index (χ1n) is 5.89. The molecule has 0 N–H and O–H groups in total. The Morgan fingerprint density at radius 2 is 1.50 bits per heavy atom. The molecule has 0 bridgehead atoms. The standard InChI is InChI=1S/C12H20FNSi2/c1-15(2)9-10-16(3,4)14(15)12-8-6-5-7-11(12)13/h5-8H,9-10H2,1-4H3. The van der Waals surface area contributed by atoms with Gasteiger partial charge in [-0.3, -0.25) is 0 Å². The van der Waals surface area contributed by atoms with E-state index in [0.29, 0.717) is 0 Å². The monoisotopic (exact) mass is 253 g/mol. The molecule has 1 heterocycles. The summed E-state index contributed by atoms with van der Waals surface area (Å²) in [7, 11) is -2.84. The van der Waals surface area contributed by atoms with E-state index in [2.05, 4.69) is 30.4 Å². The Bertz CT molecular complexity index is 388. The first-order valence-corrected chi connectivity index (χ1v) is 12.2. The Balaban J connectivity index is 2.50. The number of rotatable bonds is 1. The Labute approximate surface area is 99.5 Å². The summed E-state index contributed by atoms with van der Waals surface area (Å²) in [6.07, 6.45) is 0. The molecule has 1 aliphatic heterocycles. The highest BCUT2D eigenvalue weighted by Gasteiger charge is 2.48. The van der Waals surface area contributed by atoms with Crippen LogP contribution in [0.4, 0.5) is 10.1 Å². The lowest BCUT2D eigenvalue weighted by Crippen LogP contribution is -2.55. The second kappa shape index (κ2) is 3.70. The molecule has 0 aliphatic carbocycles. The van der Waals surface area contributed by atoms with Crippen molar-refractivity contribution in [2.45, 2.75) is 38.3 Å². The van der Waals surface area contributed by atoms with Gasteiger partial charge in [0.2, 0.25) is 0 Å². The zero-order valence-corrected chi connectivity index (χ0v) is 12.5. The van der Waals surface area contributed by atoms with E-state index in [9.17, 15) is 4.39 Å². The second-order valence-corrected chi connectivity index (χ2v) is 15.5. The van der Waals surface area contributed by atoms with E-state index in [1.807, 2.05) is 12.1 Å². The lowest BCUT2D eigenvalue weighted by atomic mass is 10.3. The summed E-state index contributed by atoms with van der Waals surface area (Å²) in [5, 5.41) is 0. The van der Waals surface area contributed by atoms with Crippen LogP contribution in [0.25, 0.3) is 0 Å². The lowest BCUT2D eigenvalue weighted by molar-refractivity contribution is 0.630. The third-order valence-corrected chi connectivity index (χ3v) is 13.6. The van der Waals surface area contributed by atoms with E-state index >= 15 is 0 Å². The van der Waals surface area contributed by atoms with Crippen molar-refractivity contribution in [3.05, 3.63) is 30.1 Å². The number of para-hydroxylation sites is 1. The average Bonchev–Trinajstić information content (AvgIpc) is 2.39. The van der Waals surface area contributed by atoms with Gasteiger partial charge in [-0.1, -0.05) is 38.3 Å². The summed E-state index contributed by atoms with van der Waals surface area (Å²) in [6, 6.07) is 9.87. The molecule has 0 spiro atoms. The number of hydrogen-bond acceptors (Lipinski definition) is 1. The van der Waals surface area contributed by atoms with Crippen molar-refractivity contribution in [2.75, 3.05) is 4.23 Å². The van der Waals surface area contributed by atoms with Crippen LogP contribution in [-0.4, -0.2) is 16.5 Å². The van der Waals surface area contributed by atoms with Crippen LogP contribution < -0.4 is 4.23 Å². The average molecular weight is 253 g/mol. The number of nitrogens with zero attached hydrogens (tertiary/aromatic N) is 1. The molecule has 1 nitrogen and oxygen atoms in total. The molecule has 0 unspecified atom stereocenters. The fourth-order valence-electron chi connectivity index (χ4n) is 2.94. The van der Waals surface area contributed by atoms with Crippen molar-refractivity contribution in [1.29, 1.82) is 0 Å². The minimum Gasteiger partial charge on any atom is -0.422 e. The minimum atomic E-state index is -1.42. The van der Waals surface area contributed by atoms with Crippen molar-refractivity contribution in [2.24, 2.45) is 0 Å². The van der Waals surface area contributed by atoms with E-state index in [0.717, 1.165) is 5.69 Å². The topological polar surface area (TPSA) is 3.24 Å². The molecule has 1 fully saturated rings. The molecular weight excluding hydrogens is 233 g/mol. The van der Waals surface area contributed by atoms with Gasteiger partial charge in [0.15, 0.2) is 0 Å². The third kappa shape index (κ3) is 1.84. The minimum absolute atomic E-state index is 0.0504. The maximum absolute atomic E-state index is 13.9. The molecule has 2 rings (SSSR count). The van der Waals surface area contributed by atoms with Crippen molar-refractivity contribution >= 4 is 22.2 Å². The van der Waals surface area contributed by atoms with Gasteiger partial charge in [-0.25, -0.2) is 4.39 Å². The summed E-state index contributed by atoms with van der Waals surface area (Å²) >= 11 is 0. The van der Waals surface area contributed by atoms with Gasteiger partial charge in [-0.05, 0) is 24.2 Å². The van der Waals surface area contributed by atoms with Crippen LogP contribution in [0.15, 0.2) is 24.3 Å². The molecule has 0 amide bonds. The van der Waals surface area contributed by atoms with E-state index in [1.54, 1.807) is 12.1 Å². The van der Waals surface area contributed by atoms with Gasteiger partial charge in [0, 0.05) is 0 Å². The van der Waals surface area contributed by atoms with Crippen LogP contribution in [0.2, 0.25) is 38.3 Å². The zero-order valence-electron chi connectivity index (χ0n) is 10.5. The maximum Gasteiger partial charge on any atom is 0.144 e. The molecule has 1 saturated heterocycles. The summed E-state index contributed by atoms with van der Waals surface area (Å²) in [6.45, 7) is 9.45. The van der Waals surface area contributed by atoms with Crippen LogP contribution >= 0.6 is 0 Å². The molecule has 0 atom stereocenters. The largest absolute Gasteiger partial charge is 0.422 e. The smallest absolute Gasteiger partial charge is 0.144 e. The quantitative estimate of drug-likeness (QED) is 0.682. The number of anilines is 1. The summed E-state index contributed by atoms with van der Waals surface area (Å²) < 4.78 is 16.4. The van der Waals surface area contributed by atoms with Crippen LogP contribution in [0, 0.1) is 5.82 Å². The van der Waals surface area contributed by atoms with Crippen LogP contribution in [-0.2, 0) is 0 Å². The van der Waals surface area contributed by atoms with E-state index in [4.69, 9.17) is 0 Å². The molecule has 88 valence electrons. The molecule has 16 heavy (non-hydrogen) atoms. The highest BCUT2D eigenvalue weighted by Crippen LogP contribution is 2.41. The SMILES string of the molecule is C[Si]1(C)CC[Si](C)(C)N1c1ccccc1F. The Hall–Kier alpha value is -0.616. The van der Waals surface area contributed by atoms with E-state index < -0.39 is 16.5 Å². The molecule has 1 aliphatic rings. The van der Waals surface area contributed by atoms with E-state index in [-0.39, 0.29) is 5.82 Å². The van der Waals surface area contributed by atoms with Crippen LogP contribution in [0.1, 0.15) is 0 Å². The zero-order chi connectivity index (χ0) is 12.0. The third-order valence-electron chi connectivity index (χ3n) is 3.65. The Morgan fingerprint density at radius 3 is 2.00 bits per heavy atom. The first-order chi connectivity index (χ1) is 7.34. The van der Waals surface area contributed by atoms with Gasteiger partial charge in [-0.2, -0.15) is 0 Å². The predicted octanol–water partition coefficient (Wildman–Crippen LogP) is 4.06. The Morgan fingerprint density at radius 1 is 1.00 bits per heavy atom. The molecule has 4 heteroatoms. The number of benzene rings is 1. The van der Waals surface area contributed by atoms with E-state index in [1.165, 1.54) is 12.1 Å². The van der Waals surface area contributed by atoms with Crippen molar-refractivity contribution in [3.8, 4) is 0 Å². The summed E-state index contributed by atoms with van der Waals surface area (Å²) in [5.74, 6) is -0.0504. The molecule has 1 aromatic rings. The Kier molecular flexibility index (Phi) is 2.74. The van der Waals surface area contributed by atoms with Gasteiger partial charge in [0.1, 0.15) is 22.3 Å². The predicted molar refractivity (Wildman–Crippen MR) is 73.5 cm³/mol. The fourth-order valence-corrected chi connectivity index (χ4v) is 17.2. The van der Waals surface area contributed by atoms with Crippen molar-refractivity contribution in [1.82, 2.24) is 0 Å². The molecular formula is C12H20FNSi2. The molecule has 0 radical (unpaired) electrons. The summed E-state index contributed by atoms with van der Waals surface area (Å²) in [5.41, 5.74) is 0.855. The van der Waals surface area contributed by atoms with Gasteiger partial charge in [-0.15, -0.1) is 0 Å². The molecule has 0 aromatic heterocycles. The van der Waals surface area contributed by atoms with Gasteiger partial charge in [0.05, 0.1) is 5.69 Å². The first kappa shape index (κ1) is 11.9. The van der Waals surface area contributed by atoms with Gasteiger partial charge < -0.3 is 4.23 Å². The van der Waals surface area contributed by atoms with Gasteiger partial charge in [0.25, 0.3) is 0 Å². The fraction of sp³-hybridized carbons (Fsp3) is 0.500.